The molecule has 1 saturated heterocycles. The van der Waals surface area contributed by atoms with Gasteiger partial charge in [-0.2, -0.15) is 0 Å². The maximum Gasteiger partial charge on any atom is 0.301 e. The maximum absolute atomic E-state index is 13.9. The van der Waals surface area contributed by atoms with E-state index in [0.717, 1.165) is 12.0 Å². The number of fused-ring (bicyclic) bond motifs is 1. The number of Topliss-reactive ketones (excluding diaryl/α,β-unsaturated/α-hetero) is 1. The van der Waals surface area contributed by atoms with Gasteiger partial charge in [0.05, 0.1) is 30.5 Å². The van der Waals surface area contributed by atoms with Crippen molar-refractivity contribution in [2.75, 3.05) is 18.1 Å². The lowest BCUT2D eigenvalue weighted by Gasteiger charge is -2.23. The molecule has 3 aromatic heterocycles. The van der Waals surface area contributed by atoms with E-state index in [1.54, 1.807) is 47.9 Å². The minimum absolute atomic E-state index is 0.0764. The number of hydrogen-bond donors (Lipinski definition) is 1. The van der Waals surface area contributed by atoms with Crippen LogP contribution in [0.15, 0.2) is 76.8 Å². The number of ketones is 1. The van der Waals surface area contributed by atoms with E-state index >= 15 is 0 Å². The number of aliphatic hydroxyl groups is 1. The van der Waals surface area contributed by atoms with Gasteiger partial charge in [0.15, 0.2) is 21.6 Å². The topological polar surface area (TPSA) is 119 Å². The Kier molecular flexibility index (Phi) is 9.09. The van der Waals surface area contributed by atoms with Gasteiger partial charge in [0.2, 0.25) is 5.13 Å². The first-order valence-electron chi connectivity index (χ1n) is 15.0. The molecule has 1 N–H and O–H groups in total. The molecule has 6 rings (SSSR count). The zero-order valence-electron chi connectivity index (χ0n) is 25.9. The summed E-state index contributed by atoms with van der Waals surface area (Å²) in [4.78, 5) is 33.6. The lowest BCUT2D eigenvalue weighted by atomic mass is 9.96. The van der Waals surface area contributed by atoms with Crippen molar-refractivity contribution in [1.29, 1.82) is 0 Å². The molecule has 236 valence electrons. The van der Waals surface area contributed by atoms with Gasteiger partial charge < -0.3 is 14.6 Å². The molecule has 4 heterocycles. The quantitative estimate of drug-likeness (QED) is 0.0532. The Balaban J connectivity index is 1.46. The van der Waals surface area contributed by atoms with Crippen LogP contribution in [0.5, 0.6) is 11.5 Å². The van der Waals surface area contributed by atoms with Crippen molar-refractivity contribution in [3.63, 3.8) is 0 Å². The molecule has 2 aromatic carbocycles. The third kappa shape index (κ3) is 5.97. The molecular formula is C34H33N5O5S2. The van der Waals surface area contributed by atoms with Crippen molar-refractivity contribution in [1.82, 2.24) is 19.6 Å². The van der Waals surface area contributed by atoms with Crippen LogP contribution in [0.25, 0.3) is 11.4 Å². The lowest BCUT2D eigenvalue weighted by Crippen LogP contribution is -2.29. The Morgan fingerprint density at radius 1 is 1.00 bits per heavy atom. The van der Waals surface area contributed by atoms with Crippen molar-refractivity contribution >= 4 is 51.3 Å². The summed E-state index contributed by atoms with van der Waals surface area (Å²) < 4.78 is 14.2. The molecule has 0 spiro atoms. The fourth-order valence-electron chi connectivity index (χ4n) is 5.35. The number of hydrogen-bond acceptors (Lipinski definition) is 10. The number of aryl methyl sites for hydroxylation is 2. The van der Waals surface area contributed by atoms with Crippen molar-refractivity contribution in [2.45, 2.75) is 50.3 Å². The van der Waals surface area contributed by atoms with Crippen LogP contribution in [0.4, 0.5) is 5.13 Å². The molecule has 1 atom stereocenters. The molecule has 12 heteroatoms. The van der Waals surface area contributed by atoms with Crippen LogP contribution in [-0.2, 0) is 15.3 Å². The lowest BCUT2D eigenvalue weighted by molar-refractivity contribution is -0.132. The fraction of sp³-hybridized carbons (Fsp3) is 0.265. The second-order valence-corrected chi connectivity index (χ2v) is 12.9. The summed E-state index contributed by atoms with van der Waals surface area (Å²) in [5.41, 5.74) is 4.22. The van der Waals surface area contributed by atoms with Gasteiger partial charge in [-0.1, -0.05) is 72.0 Å². The second-order valence-electron chi connectivity index (χ2n) is 10.8. The standard InChI is InChI=1S/C34H33N5O5S2/c1-5-17-44-24-15-14-23(18-25(24)43-6-2)29-27(30(40)28-21(4)35-26-9-7-8-16-38(26)28)31(41)32(42)39(29)33-36-37-34(46-33)45-19-22-12-10-20(3)11-13-22/h7-16,18,29,40H,5-6,17,19H2,1-4H3/b30-27+. The summed E-state index contributed by atoms with van der Waals surface area (Å²) in [6, 6.07) is 18.0. The maximum atomic E-state index is 13.9. The van der Waals surface area contributed by atoms with Gasteiger partial charge in [0.1, 0.15) is 11.3 Å². The van der Waals surface area contributed by atoms with Gasteiger partial charge in [-0.15, -0.1) is 10.2 Å². The van der Waals surface area contributed by atoms with E-state index in [0.29, 0.717) is 57.4 Å². The minimum atomic E-state index is -1.02. The van der Waals surface area contributed by atoms with Crippen LogP contribution in [0.1, 0.15) is 54.4 Å². The summed E-state index contributed by atoms with van der Waals surface area (Å²) in [5.74, 6) is -0.286. The van der Waals surface area contributed by atoms with Crippen LogP contribution in [0, 0.1) is 13.8 Å². The Morgan fingerprint density at radius 3 is 2.57 bits per heavy atom. The smallest absolute Gasteiger partial charge is 0.301 e. The van der Waals surface area contributed by atoms with Gasteiger partial charge in [0, 0.05) is 11.9 Å². The second kappa shape index (κ2) is 13.4. The molecule has 0 radical (unpaired) electrons. The van der Waals surface area contributed by atoms with Gasteiger partial charge in [0.25, 0.3) is 5.78 Å². The van der Waals surface area contributed by atoms with Gasteiger partial charge in [-0.25, -0.2) is 4.98 Å². The number of pyridine rings is 1. The highest BCUT2D eigenvalue weighted by Crippen LogP contribution is 2.46. The number of carbonyl (C=O) groups is 2. The molecule has 0 aliphatic carbocycles. The van der Waals surface area contributed by atoms with E-state index in [-0.39, 0.29) is 16.5 Å². The first kappa shape index (κ1) is 31.3. The monoisotopic (exact) mass is 655 g/mol. The fourth-order valence-corrected chi connectivity index (χ4v) is 7.18. The van der Waals surface area contributed by atoms with Gasteiger partial charge in [-0.3, -0.25) is 18.9 Å². The molecule has 1 aliphatic rings. The largest absolute Gasteiger partial charge is 0.505 e. The summed E-state index contributed by atoms with van der Waals surface area (Å²) in [7, 11) is 0. The zero-order valence-corrected chi connectivity index (χ0v) is 27.5. The molecule has 10 nitrogen and oxygen atoms in total. The highest BCUT2D eigenvalue weighted by molar-refractivity contribution is 8.00. The molecule has 0 bridgehead atoms. The van der Waals surface area contributed by atoms with E-state index in [1.165, 1.54) is 33.6 Å². The molecule has 1 fully saturated rings. The van der Waals surface area contributed by atoms with Crippen molar-refractivity contribution in [3.8, 4) is 11.5 Å². The van der Waals surface area contributed by atoms with Gasteiger partial charge >= 0.3 is 5.91 Å². The zero-order chi connectivity index (χ0) is 32.4. The SMILES string of the molecule is CCCOc1ccc(C2/C(=C(\O)c3c(C)nc4ccccn34)C(=O)C(=O)N2c2nnc(SCc3ccc(C)cc3)s2)cc1OCC. The van der Waals surface area contributed by atoms with Crippen LogP contribution in [-0.4, -0.2) is 49.6 Å². The van der Waals surface area contributed by atoms with Crippen molar-refractivity contribution < 1.29 is 24.2 Å². The summed E-state index contributed by atoms with van der Waals surface area (Å²) in [5, 5.41) is 20.8. The summed E-state index contributed by atoms with van der Waals surface area (Å²) >= 11 is 2.72. The number of aromatic nitrogens is 4. The average molecular weight is 656 g/mol. The predicted molar refractivity (Wildman–Crippen MR) is 179 cm³/mol. The number of carbonyl (C=O) groups excluding carboxylic acids is 2. The average Bonchev–Trinajstić information content (AvgIpc) is 3.73. The number of rotatable bonds is 11. The summed E-state index contributed by atoms with van der Waals surface area (Å²) in [6.45, 7) is 8.55. The number of imidazole rings is 1. The van der Waals surface area contributed by atoms with Crippen LogP contribution < -0.4 is 14.4 Å². The van der Waals surface area contributed by atoms with Crippen molar-refractivity contribution in [2.24, 2.45) is 0 Å². The van der Waals surface area contributed by atoms with E-state index in [4.69, 9.17) is 9.47 Å². The number of ether oxygens (including phenoxy) is 2. The Labute approximate surface area is 274 Å². The molecular weight excluding hydrogens is 623 g/mol. The summed E-state index contributed by atoms with van der Waals surface area (Å²) in [6.07, 6.45) is 2.57. The number of aliphatic hydroxyl groups excluding tert-OH is 1. The van der Waals surface area contributed by atoms with Crippen LogP contribution in [0.2, 0.25) is 0 Å². The highest BCUT2D eigenvalue weighted by Gasteiger charge is 2.49. The predicted octanol–water partition coefficient (Wildman–Crippen LogP) is 6.91. The third-order valence-electron chi connectivity index (χ3n) is 7.50. The molecule has 5 aromatic rings. The number of nitrogens with zero attached hydrogens (tertiary/aromatic N) is 5. The Morgan fingerprint density at radius 2 is 1.80 bits per heavy atom. The van der Waals surface area contributed by atoms with Crippen LogP contribution in [0.3, 0.4) is 0 Å². The number of anilines is 1. The van der Waals surface area contributed by atoms with Crippen molar-refractivity contribution in [3.05, 3.63) is 101 Å². The Hall–Kier alpha value is -4.68. The van der Waals surface area contributed by atoms with E-state index < -0.39 is 17.7 Å². The normalized spacial score (nSPS) is 16.0. The molecule has 0 saturated carbocycles. The van der Waals surface area contributed by atoms with Gasteiger partial charge in [-0.05, 0) is 62.6 Å². The highest BCUT2D eigenvalue weighted by atomic mass is 32.2. The first-order valence-corrected chi connectivity index (χ1v) is 16.8. The van der Waals surface area contributed by atoms with Crippen LogP contribution >= 0.6 is 23.1 Å². The Bertz CT molecular complexity index is 1950. The molecule has 1 unspecified atom stereocenters. The third-order valence-corrected chi connectivity index (χ3v) is 9.63. The minimum Gasteiger partial charge on any atom is -0.505 e. The molecule has 1 aliphatic heterocycles. The van der Waals surface area contributed by atoms with E-state index in [9.17, 15) is 14.7 Å². The number of amides is 1. The van der Waals surface area contributed by atoms with E-state index in [2.05, 4.69) is 39.4 Å². The van der Waals surface area contributed by atoms with E-state index in [1.807, 2.05) is 26.8 Å². The molecule has 1 amide bonds. The number of thioether (sulfide) groups is 1. The first-order chi connectivity index (χ1) is 22.3. The molecule has 46 heavy (non-hydrogen) atoms. The number of benzene rings is 2.